The number of carbonyl (C=O) groups excluding carboxylic acids is 1. The molecule has 5 rings (SSSR count). The van der Waals surface area contributed by atoms with Crippen LogP contribution in [0.2, 0.25) is 0 Å². The van der Waals surface area contributed by atoms with Gasteiger partial charge in [0, 0.05) is 28.2 Å². The first-order chi connectivity index (χ1) is 17.2. The van der Waals surface area contributed by atoms with Crippen molar-refractivity contribution in [1.82, 2.24) is 4.98 Å². The maximum atomic E-state index is 12.9. The molecule has 0 spiro atoms. The molecular formula is C30H28N2O3S. The van der Waals surface area contributed by atoms with Crippen LogP contribution < -0.4 is 10.1 Å². The van der Waals surface area contributed by atoms with Gasteiger partial charge in [0.05, 0.1) is 23.6 Å². The number of aromatic nitrogens is 1. The predicted octanol–water partition coefficient (Wildman–Crippen LogP) is 7.99. The van der Waals surface area contributed by atoms with Crippen molar-refractivity contribution in [2.75, 3.05) is 12.4 Å². The number of rotatable bonds is 5. The Morgan fingerprint density at radius 2 is 1.78 bits per heavy atom. The van der Waals surface area contributed by atoms with Gasteiger partial charge in [0.2, 0.25) is 5.91 Å². The van der Waals surface area contributed by atoms with E-state index in [1.165, 1.54) is 22.5 Å². The van der Waals surface area contributed by atoms with Crippen LogP contribution in [0.3, 0.4) is 0 Å². The summed E-state index contributed by atoms with van der Waals surface area (Å²) in [4.78, 5) is 17.5. The summed E-state index contributed by atoms with van der Waals surface area (Å²) in [6, 6.07) is 14.5. The van der Waals surface area contributed by atoms with Crippen LogP contribution in [-0.4, -0.2) is 18.0 Å². The fraction of sp³-hybridized carbons (Fsp3) is 0.200. The summed E-state index contributed by atoms with van der Waals surface area (Å²) in [5.74, 6) is 0.464. The van der Waals surface area contributed by atoms with Gasteiger partial charge in [0.1, 0.15) is 11.3 Å². The number of thiazole rings is 1. The van der Waals surface area contributed by atoms with Crippen molar-refractivity contribution in [2.45, 2.75) is 34.6 Å². The molecule has 36 heavy (non-hydrogen) atoms. The summed E-state index contributed by atoms with van der Waals surface area (Å²) >= 11 is 1.47. The summed E-state index contributed by atoms with van der Waals surface area (Å²) in [5.41, 5.74) is 9.92. The molecule has 1 amide bonds. The van der Waals surface area contributed by atoms with Crippen molar-refractivity contribution >= 4 is 49.1 Å². The van der Waals surface area contributed by atoms with Gasteiger partial charge in [-0.25, -0.2) is 4.98 Å². The van der Waals surface area contributed by atoms with Crippen LogP contribution in [0, 0.1) is 27.7 Å². The standard InChI is InChI=1S/C30H28N2O3S/c1-16-7-9-21(18(3)11-16)24-15-35-29-20(5)28(34-6)22(14-23(24)29)19(4)13-27(33)32-30-31-25-10-8-17(2)12-26(25)36-30/h7-15H,1-6H3,(H,31,32,33)/b19-13+. The van der Waals surface area contributed by atoms with E-state index in [-0.39, 0.29) is 5.91 Å². The Balaban J connectivity index is 1.53. The minimum Gasteiger partial charge on any atom is -0.496 e. The van der Waals surface area contributed by atoms with Crippen molar-refractivity contribution in [3.63, 3.8) is 0 Å². The molecule has 0 atom stereocenters. The summed E-state index contributed by atoms with van der Waals surface area (Å²) in [6.45, 7) is 10.1. The fourth-order valence-corrected chi connectivity index (χ4v) is 5.66. The number of hydrogen-bond acceptors (Lipinski definition) is 5. The Bertz CT molecular complexity index is 1670. The summed E-state index contributed by atoms with van der Waals surface area (Å²) in [7, 11) is 1.64. The van der Waals surface area contributed by atoms with Gasteiger partial charge >= 0.3 is 0 Å². The van der Waals surface area contributed by atoms with Crippen molar-refractivity contribution < 1.29 is 13.9 Å². The lowest BCUT2D eigenvalue weighted by molar-refractivity contribution is -0.111. The number of methoxy groups -OCH3 is 1. The molecule has 0 saturated heterocycles. The summed E-state index contributed by atoms with van der Waals surface area (Å²) < 4.78 is 12.8. The number of carbonyl (C=O) groups is 1. The van der Waals surface area contributed by atoms with Crippen LogP contribution in [0.5, 0.6) is 5.75 Å². The number of nitrogens with one attached hydrogen (secondary N) is 1. The van der Waals surface area contributed by atoms with Crippen LogP contribution in [0.1, 0.15) is 34.7 Å². The highest BCUT2D eigenvalue weighted by atomic mass is 32.1. The van der Waals surface area contributed by atoms with Crippen LogP contribution in [0.15, 0.2) is 59.2 Å². The zero-order valence-corrected chi connectivity index (χ0v) is 22.1. The third-order valence-corrected chi connectivity index (χ3v) is 7.40. The van der Waals surface area contributed by atoms with Gasteiger partial charge in [0.25, 0.3) is 0 Å². The van der Waals surface area contributed by atoms with E-state index in [1.807, 2.05) is 32.9 Å². The van der Waals surface area contributed by atoms with Crippen LogP contribution >= 0.6 is 11.3 Å². The van der Waals surface area contributed by atoms with Crippen molar-refractivity contribution in [2.24, 2.45) is 0 Å². The first-order valence-electron chi connectivity index (χ1n) is 11.8. The lowest BCUT2D eigenvalue weighted by Gasteiger charge is -2.13. The third-order valence-electron chi connectivity index (χ3n) is 6.47. The molecule has 0 saturated carbocycles. The highest BCUT2D eigenvalue weighted by Crippen LogP contribution is 2.41. The van der Waals surface area contributed by atoms with Crippen molar-refractivity contribution in [3.05, 3.63) is 82.6 Å². The topological polar surface area (TPSA) is 64.4 Å². The second-order valence-electron chi connectivity index (χ2n) is 9.23. The maximum Gasteiger partial charge on any atom is 0.250 e. The van der Waals surface area contributed by atoms with E-state index in [0.29, 0.717) is 10.9 Å². The lowest BCUT2D eigenvalue weighted by Crippen LogP contribution is -2.08. The number of hydrogen-bond donors (Lipinski definition) is 1. The zero-order chi connectivity index (χ0) is 25.6. The molecular weight excluding hydrogens is 468 g/mol. The number of nitrogens with zero attached hydrogens (tertiary/aromatic N) is 1. The Morgan fingerprint density at radius 3 is 2.53 bits per heavy atom. The molecule has 1 N–H and O–H groups in total. The normalized spacial score (nSPS) is 11.9. The second kappa shape index (κ2) is 9.28. The van der Waals surface area contributed by atoms with Gasteiger partial charge in [0.15, 0.2) is 5.13 Å². The van der Waals surface area contributed by atoms with E-state index in [0.717, 1.165) is 54.6 Å². The van der Waals surface area contributed by atoms with Gasteiger partial charge in [-0.1, -0.05) is 41.2 Å². The largest absolute Gasteiger partial charge is 0.496 e. The highest BCUT2D eigenvalue weighted by Gasteiger charge is 2.19. The Kier molecular flexibility index (Phi) is 6.14. The molecule has 0 bridgehead atoms. The summed E-state index contributed by atoms with van der Waals surface area (Å²) in [6.07, 6.45) is 3.40. The average molecular weight is 497 g/mol. The van der Waals surface area contributed by atoms with E-state index in [2.05, 4.69) is 54.5 Å². The molecule has 5 nitrogen and oxygen atoms in total. The molecule has 0 unspecified atom stereocenters. The van der Waals surface area contributed by atoms with Crippen molar-refractivity contribution in [1.29, 1.82) is 0 Å². The Hall–Kier alpha value is -3.90. The second-order valence-corrected chi connectivity index (χ2v) is 10.3. The molecule has 182 valence electrons. The number of furan rings is 1. The molecule has 3 aromatic carbocycles. The quantitative estimate of drug-likeness (QED) is 0.250. The van der Waals surface area contributed by atoms with Crippen molar-refractivity contribution in [3.8, 4) is 16.9 Å². The molecule has 2 aromatic heterocycles. The number of fused-ring (bicyclic) bond motifs is 2. The average Bonchev–Trinajstić information content (AvgIpc) is 3.42. The first kappa shape index (κ1) is 23.8. The molecule has 0 aliphatic carbocycles. The van der Waals surface area contributed by atoms with E-state index in [9.17, 15) is 4.79 Å². The number of benzene rings is 3. The molecule has 2 heterocycles. The highest BCUT2D eigenvalue weighted by molar-refractivity contribution is 7.22. The van der Waals surface area contributed by atoms with Gasteiger partial charge in [-0.15, -0.1) is 0 Å². The molecule has 6 heteroatoms. The Morgan fingerprint density at radius 1 is 1.03 bits per heavy atom. The molecule has 5 aromatic rings. The Labute approximate surface area is 214 Å². The van der Waals surface area contributed by atoms with E-state index < -0.39 is 0 Å². The SMILES string of the molecule is COc1c(/C(C)=C/C(=O)Nc2nc3ccc(C)cc3s2)cc2c(-c3ccc(C)cc3C)coc2c1C. The van der Waals surface area contributed by atoms with Gasteiger partial charge < -0.3 is 9.15 Å². The minimum atomic E-state index is -0.232. The number of anilines is 1. The fourth-order valence-electron chi connectivity index (χ4n) is 4.70. The van der Waals surface area contributed by atoms with Gasteiger partial charge in [-0.2, -0.15) is 0 Å². The predicted molar refractivity (Wildman–Crippen MR) is 149 cm³/mol. The zero-order valence-electron chi connectivity index (χ0n) is 21.3. The number of allylic oxidation sites excluding steroid dienone is 1. The van der Waals surface area contributed by atoms with Crippen LogP contribution in [-0.2, 0) is 4.79 Å². The smallest absolute Gasteiger partial charge is 0.250 e. The summed E-state index contributed by atoms with van der Waals surface area (Å²) in [5, 5.41) is 4.49. The third kappa shape index (κ3) is 4.29. The lowest BCUT2D eigenvalue weighted by atomic mass is 9.94. The number of ether oxygens (including phenoxy) is 1. The number of amides is 1. The maximum absolute atomic E-state index is 12.9. The molecule has 0 radical (unpaired) electrons. The van der Waals surface area contributed by atoms with Crippen LogP contribution in [0.25, 0.3) is 37.9 Å². The van der Waals surface area contributed by atoms with Crippen LogP contribution in [0.4, 0.5) is 5.13 Å². The van der Waals surface area contributed by atoms with E-state index in [4.69, 9.17) is 9.15 Å². The van der Waals surface area contributed by atoms with Gasteiger partial charge in [-0.05, 0) is 75.1 Å². The van der Waals surface area contributed by atoms with E-state index >= 15 is 0 Å². The van der Waals surface area contributed by atoms with E-state index in [1.54, 1.807) is 19.4 Å². The molecule has 0 aliphatic heterocycles. The number of aryl methyl sites for hydroxylation is 4. The first-order valence-corrected chi connectivity index (χ1v) is 12.6. The monoisotopic (exact) mass is 496 g/mol. The van der Waals surface area contributed by atoms with Gasteiger partial charge in [-0.3, -0.25) is 10.1 Å². The minimum absolute atomic E-state index is 0.232. The molecule has 0 aliphatic rings. The molecule has 0 fully saturated rings.